The summed E-state index contributed by atoms with van der Waals surface area (Å²) in [7, 11) is 1.71. The van der Waals surface area contributed by atoms with Crippen molar-refractivity contribution in [2.24, 2.45) is 0 Å². The van der Waals surface area contributed by atoms with E-state index in [-0.39, 0.29) is 0 Å². The van der Waals surface area contributed by atoms with Crippen LogP contribution in [-0.4, -0.2) is 13.2 Å². The summed E-state index contributed by atoms with van der Waals surface area (Å²) >= 11 is 3.44. The van der Waals surface area contributed by atoms with Gasteiger partial charge in [-0.2, -0.15) is 0 Å². The number of halogens is 1. The number of nitrogens with one attached hydrogen (secondary N) is 1. The molecule has 1 aliphatic rings. The Morgan fingerprint density at radius 3 is 2.81 bits per heavy atom. The molecule has 0 unspecified atom stereocenters. The first-order valence-electron chi connectivity index (χ1n) is 5.50. The molecule has 0 saturated heterocycles. The topological polar surface area (TPSA) is 21.3 Å². The molecule has 16 heavy (non-hydrogen) atoms. The minimum absolute atomic E-state index is 0.591. The summed E-state index contributed by atoms with van der Waals surface area (Å²) in [5, 5.41) is 3.53. The van der Waals surface area contributed by atoms with Gasteiger partial charge in [-0.05, 0) is 25.0 Å². The van der Waals surface area contributed by atoms with Crippen molar-refractivity contribution in [3.63, 3.8) is 0 Å². The predicted molar refractivity (Wildman–Crippen MR) is 69.7 cm³/mol. The van der Waals surface area contributed by atoms with E-state index in [0.717, 1.165) is 29.6 Å². The maximum Gasteiger partial charge on any atom is 0.124 e. The minimum atomic E-state index is 0.591. The van der Waals surface area contributed by atoms with Crippen LogP contribution in [0.2, 0.25) is 0 Å². The van der Waals surface area contributed by atoms with Crippen molar-refractivity contribution in [1.82, 2.24) is 5.32 Å². The predicted octanol–water partition coefficient (Wildman–Crippen LogP) is 3.27. The molecule has 0 aromatic heterocycles. The van der Waals surface area contributed by atoms with E-state index in [2.05, 4.69) is 39.5 Å². The lowest BCUT2D eigenvalue weighted by Crippen LogP contribution is -2.25. The first kappa shape index (κ1) is 11.7. The van der Waals surface area contributed by atoms with Crippen LogP contribution in [0.15, 0.2) is 34.8 Å². The molecule has 1 aromatic carbocycles. The van der Waals surface area contributed by atoms with Crippen LogP contribution in [-0.2, 0) is 6.54 Å². The fourth-order valence-electron chi connectivity index (χ4n) is 1.90. The van der Waals surface area contributed by atoms with E-state index in [1.54, 1.807) is 7.11 Å². The zero-order chi connectivity index (χ0) is 11.4. The Labute approximate surface area is 105 Å². The van der Waals surface area contributed by atoms with Gasteiger partial charge in [0.05, 0.1) is 7.11 Å². The average Bonchev–Trinajstić information content (AvgIpc) is 2.80. The molecule has 0 amide bonds. The van der Waals surface area contributed by atoms with Gasteiger partial charge in [0.2, 0.25) is 0 Å². The molecule has 0 radical (unpaired) electrons. The second-order valence-electron chi connectivity index (χ2n) is 3.98. The summed E-state index contributed by atoms with van der Waals surface area (Å²) in [5.74, 6) is 0.938. The molecule has 1 aromatic rings. The van der Waals surface area contributed by atoms with Crippen LogP contribution < -0.4 is 10.1 Å². The molecular formula is C13H16BrNO. The maximum absolute atomic E-state index is 5.36. The third kappa shape index (κ3) is 2.86. The molecule has 0 saturated carbocycles. The van der Waals surface area contributed by atoms with Crippen molar-refractivity contribution in [3.8, 4) is 5.75 Å². The molecule has 0 bridgehead atoms. The van der Waals surface area contributed by atoms with E-state index in [1.807, 2.05) is 12.1 Å². The first-order valence-corrected chi connectivity index (χ1v) is 6.29. The van der Waals surface area contributed by atoms with Gasteiger partial charge in [-0.25, -0.2) is 0 Å². The van der Waals surface area contributed by atoms with Gasteiger partial charge in [0.15, 0.2) is 0 Å². The normalized spacial score (nSPS) is 15.6. The van der Waals surface area contributed by atoms with Crippen LogP contribution in [0, 0.1) is 0 Å². The monoisotopic (exact) mass is 281 g/mol. The minimum Gasteiger partial charge on any atom is -0.496 e. The fourth-order valence-corrected chi connectivity index (χ4v) is 2.24. The van der Waals surface area contributed by atoms with Crippen LogP contribution in [0.3, 0.4) is 0 Å². The van der Waals surface area contributed by atoms with Gasteiger partial charge in [-0.3, -0.25) is 0 Å². The standard InChI is InChI=1S/C13H16BrNO/c1-16-13-8-11(14)7-6-10(13)9-15-12-4-2-3-5-12/h2-3,6-8,12,15H,4-5,9H2,1H3. The molecule has 2 rings (SSSR count). The lowest BCUT2D eigenvalue weighted by molar-refractivity contribution is 0.405. The van der Waals surface area contributed by atoms with Gasteiger partial charge in [-0.1, -0.05) is 34.1 Å². The summed E-state index contributed by atoms with van der Waals surface area (Å²) in [6, 6.07) is 6.74. The Balaban J connectivity index is 1.97. The van der Waals surface area contributed by atoms with E-state index in [4.69, 9.17) is 4.74 Å². The number of rotatable bonds is 4. The van der Waals surface area contributed by atoms with Gasteiger partial charge in [0.1, 0.15) is 5.75 Å². The highest BCUT2D eigenvalue weighted by Crippen LogP contribution is 2.23. The van der Waals surface area contributed by atoms with E-state index in [1.165, 1.54) is 5.56 Å². The lowest BCUT2D eigenvalue weighted by Gasteiger charge is -2.14. The van der Waals surface area contributed by atoms with Crippen molar-refractivity contribution < 1.29 is 4.74 Å². The summed E-state index contributed by atoms with van der Waals surface area (Å²) in [6.45, 7) is 0.864. The Morgan fingerprint density at radius 2 is 2.12 bits per heavy atom. The van der Waals surface area contributed by atoms with Crippen LogP contribution in [0.1, 0.15) is 18.4 Å². The first-order chi connectivity index (χ1) is 7.79. The summed E-state index contributed by atoms with van der Waals surface area (Å²) in [4.78, 5) is 0. The number of methoxy groups -OCH3 is 1. The maximum atomic E-state index is 5.36. The largest absolute Gasteiger partial charge is 0.496 e. The van der Waals surface area contributed by atoms with Crippen LogP contribution in [0.4, 0.5) is 0 Å². The number of benzene rings is 1. The highest BCUT2D eigenvalue weighted by molar-refractivity contribution is 9.10. The van der Waals surface area contributed by atoms with E-state index in [0.29, 0.717) is 6.04 Å². The van der Waals surface area contributed by atoms with Crippen molar-refractivity contribution in [1.29, 1.82) is 0 Å². The third-order valence-corrected chi connectivity index (χ3v) is 3.33. The quantitative estimate of drug-likeness (QED) is 0.856. The summed E-state index contributed by atoms with van der Waals surface area (Å²) in [5.41, 5.74) is 1.21. The van der Waals surface area contributed by atoms with E-state index in [9.17, 15) is 0 Å². The SMILES string of the molecule is COc1cc(Br)ccc1CNC1CC=CC1. The zero-order valence-corrected chi connectivity index (χ0v) is 11.0. The number of hydrogen-bond acceptors (Lipinski definition) is 2. The van der Waals surface area contributed by atoms with E-state index < -0.39 is 0 Å². The number of hydrogen-bond donors (Lipinski definition) is 1. The third-order valence-electron chi connectivity index (χ3n) is 2.84. The second kappa shape index (κ2) is 5.51. The van der Waals surface area contributed by atoms with Gasteiger partial charge in [0, 0.05) is 22.6 Å². The Hall–Kier alpha value is -0.800. The molecule has 1 N–H and O–H groups in total. The Kier molecular flexibility index (Phi) is 4.02. The average molecular weight is 282 g/mol. The van der Waals surface area contributed by atoms with Crippen molar-refractivity contribution in [3.05, 3.63) is 40.4 Å². The fraction of sp³-hybridized carbons (Fsp3) is 0.385. The zero-order valence-electron chi connectivity index (χ0n) is 9.37. The van der Waals surface area contributed by atoms with Gasteiger partial charge in [-0.15, -0.1) is 0 Å². The molecule has 0 atom stereocenters. The molecular weight excluding hydrogens is 266 g/mol. The molecule has 0 spiro atoms. The molecule has 0 heterocycles. The molecule has 2 nitrogen and oxygen atoms in total. The molecule has 0 aliphatic heterocycles. The van der Waals surface area contributed by atoms with Gasteiger partial charge in [0.25, 0.3) is 0 Å². The molecule has 0 fully saturated rings. The van der Waals surface area contributed by atoms with Gasteiger partial charge < -0.3 is 10.1 Å². The molecule has 3 heteroatoms. The van der Waals surface area contributed by atoms with E-state index >= 15 is 0 Å². The van der Waals surface area contributed by atoms with Gasteiger partial charge >= 0.3 is 0 Å². The summed E-state index contributed by atoms with van der Waals surface area (Å²) < 4.78 is 6.41. The lowest BCUT2D eigenvalue weighted by atomic mass is 10.1. The highest BCUT2D eigenvalue weighted by Gasteiger charge is 2.10. The van der Waals surface area contributed by atoms with Crippen LogP contribution in [0.5, 0.6) is 5.75 Å². The van der Waals surface area contributed by atoms with Crippen molar-refractivity contribution in [2.45, 2.75) is 25.4 Å². The summed E-state index contributed by atoms with van der Waals surface area (Å²) in [6.07, 6.45) is 6.74. The van der Waals surface area contributed by atoms with Crippen LogP contribution in [0.25, 0.3) is 0 Å². The Morgan fingerprint density at radius 1 is 1.38 bits per heavy atom. The van der Waals surface area contributed by atoms with Crippen molar-refractivity contribution in [2.75, 3.05) is 7.11 Å². The second-order valence-corrected chi connectivity index (χ2v) is 4.89. The number of ether oxygens (including phenoxy) is 1. The molecule has 1 aliphatic carbocycles. The smallest absolute Gasteiger partial charge is 0.124 e. The van der Waals surface area contributed by atoms with Crippen molar-refractivity contribution >= 4 is 15.9 Å². The Bertz CT molecular complexity index is 382. The molecule has 86 valence electrons. The van der Waals surface area contributed by atoms with Crippen LogP contribution >= 0.6 is 15.9 Å². The highest BCUT2D eigenvalue weighted by atomic mass is 79.9.